The van der Waals surface area contributed by atoms with Crippen LogP contribution in [0.25, 0.3) is 0 Å². The fraction of sp³-hybridized carbons (Fsp3) is 0.263. The molecule has 1 aliphatic heterocycles. The van der Waals surface area contributed by atoms with Crippen LogP contribution in [0.1, 0.15) is 24.8 Å². The molecule has 1 fully saturated rings. The Hall–Kier alpha value is -2.22. The second-order valence-corrected chi connectivity index (χ2v) is 8.45. The molecule has 0 spiro atoms. The molecule has 0 atom stereocenters. The van der Waals surface area contributed by atoms with Crippen molar-refractivity contribution in [2.45, 2.75) is 30.6 Å². The van der Waals surface area contributed by atoms with Gasteiger partial charge in [0.05, 0.1) is 10.6 Å². The van der Waals surface area contributed by atoms with Gasteiger partial charge in [0.15, 0.2) is 0 Å². The molecule has 1 heterocycles. The van der Waals surface area contributed by atoms with Crippen molar-refractivity contribution in [3.63, 3.8) is 0 Å². The molecule has 27 heavy (non-hydrogen) atoms. The maximum Gasteiger partial charge on any atom is 0.240 e. The average Bonchev–Trinajstić information content (AvgIpc) is 2.99. The zero-order valence-electron chi connectivity index (χ0n) is 14.5. The van der Waals surface area contributed by atoms with Gasteiger partial charge in [-0.15, -0.1) is 0 Å². The summed E-state index contributed by atoms with van der Waals surface area (Å²) < 4.78 is 27.3. The van der Waals surface area contributed by atoms with Crippen molar-refractivity contribution in [2.75, 3.05) is 11.4 Å². The van der Waals surface area contributed by atoms with E-state index in [4.69, 9.17) is 11.6 Å². The SMILES string of the molecule is O=C1CCC(=O)N1c1ccc(S(=O)(=O)NCCCc2ccc(Cl)cc2)cc1. The molecule has 1 aliphatic rings. The lowest BCUT2D eigenvalue weighted by Gasteiger charge is -2.14. The van der Waals surface area contributed by atoms with Crippen molar-refractivity contribution < 1.29 is 18.0 Å². The number of rotatable bonds is 7. The highest BCUT2D eigenvalue weighted by Crippen LogP contribution is 2.24. The smallest absolute Gasteiger partial charge is 0.240 e. The quantitative estimate of drug-likeness (QED) is 0.566. The molecule has 0 saturated carbocycles. The summed E-state index contributed by atoms with van der Waals surface area (Å²) >= 11 is 5.84. The number of benzene rings is 2. The summed E-state index contributed by atoms with van der Waals surface area (Å²) in [6.45, 7) is 0.301. The number of aryl methyl sites for hydroxylation is 1. The topological polar surface area (TPSA) is 83.6 Å². The van der Waals surface area contributed by atoms with Crippen molar-refractivity contribution in [2.24, 2.45) is 0 Å². The van der Waals surface area contributed by atoms with Gasteiger partial charge >= 0.3 is 0 Å². The van der Waals surface area contributed by atoms with Gasteiger partial charge in [0.2, 0.25) is 21.8 Å². The number of carbonyl (C=O) groups is 2. The molecular weight excluding hydrogens is 388 g/mol. The highest BCUT2D eigenvalue weighted by atomic mass is 35.5. The van der Waals surface area contributed by atoms with E-state index >= 15 is 0 Å². The molecule has 3 rings (SSSR count). The van der Waals surface area contributed by atoms with Gasteiger partial charge in [0.25, 0.3) is 0 Å². The van der Waals surface area contributed by atoms with E-state index in [0.717, 1.165) is 16.9 Å². The van der Waals surface area contributed by atoms with Crippen LogP contribution in [0, 0.1) is 0 Å². The molecule has 0 unspecified atom stereocenters. The average molecular weight is 407 g/mol. The first-order chi connectivity index (χ1) is 12.9. The first-order valence-electron chi connectivity index (χ1n) is 8.57. The Morgan fingerprint density at radius 3 is 2.11 bits per heavy atom. The van der Waals surface area contributed by atoms with E-state index < -0.39 is 10.0 Å². The van der Waals surface area contributed by atoms with Gasteiger partial charge in [-0.25, -0.2) is 13.1 Å². The molecule has 2 amide bonds. The minimum Gasteiger partial charge on any atom is -0.274 e. The van der Waals surface area contributed by atoms with Gasteiger partial charge in [-0.2, -0.15) is 0 Å². The van der Waals surface area contributed by atoms with Crippen LogP contribution in [-0.4, -0.2) is 26.8 Å². The molecule has 1 saturated heterocycles. The molecule has 2 aromatic rings. The second kappa shape index (κ2) is 8.21. The number of amides is 2. The Morgan fingerprint density at radius 2 is 1.52 bits per heavy atom. The van der Waals surface area contributed by atoms with Gasteiger partial charge < -0.3 is 0 Å². The summed E-state index contributed by atoms with van der Waals surface area (Å²) in [5, 5.41) is 0.667. The molecule has 0 bridgehead atoms. The highest BCUT2D eigenvalue weighted by Gasteiger charge is 2.30. The maximum absolute atomic E-state index is 12.4. The Balaban J connectivity index is 1.57. The fourth-order valence-electron chi connectivity index (χ4n) is 2.87. The largest absolute Gasteiger partial charge is 0.274 e. The lowest BCUT2D eigenvalue weighted by Crippen LogP contribution is -2.29. The fourth-order valence-corrected chi connectivity index (χ4v) is 4.07. The second-order valence-electron chi connectivity index (χ2n) is 6.24. The third-order valence-electron chi connectivity index (χ3n) is 4.30. The maximum atomic E-state index is 12.4. The van der Waals surface area contributed by atoms with E-state index in [2.05, 4.69) is 4.72 Å². The Bertz CT molecular complexity index is 925. The van der Waals surface area contributed by atoms with Crippen molar-refractivity contribution in [1.82, 2.24) is 4.72 Å². The van der Waals surface area contributed by atoms with E-state index in [1.54, 1.807) is 12.1 Å². The molecule has 1 N–H and O–H groups in total. The van der Waals surface area contributed by atoms with Crippen molar-refractivity contribution in [3.05, 3.63) is 59.1 Å². The number of hydrogen-bond acceptors (Lipinski definition) is 4. The summed E-state index contributed by atoms with van der Waals surface area (Å²) in [5.74, 6) is -0.535. The van der Waals surface area contributed by atoms with Crippen LogP contribution < -0.4 is 9.62 Å². The number of nitrogens with zero attached hydrogens (tertiary/aromatic N) is 1. The van der Waals surface area contributed by atoms with E-state index in [0.29, 0.717) is 23.7 Å². The highest BCUT2D eigenvalue weighted by molar-refractivity contribution is 7.89. The number of nitrogens with one attached hydrogen (secondary N) is 1. The van der Waals surface area contributed by atoms with E-state index in [1.165, 1.54) is 24.3 Å². The predicted molar refractivity (Wildman–Crippen MR) is 103 cm³/mol. The van der Waals surface area contributed by atoms with E-state index in [-0.39, 0.29) is 29.6 Å². The summed E-state index contributed by atoms with van der Waals surface area (Å²) in [6.07, 6.45) is 1.76. The number of anilines is 1. The molecule has 2 aromatic carbocycles. The summed E-state index contributed by atoms with van der Waals surface area (Å²) in [7, 11) is -3.65. The Morgan fingerprint density at radius 1 is 0.926 bits per heavy atom. The molecule has 0 aromatic heterocycles. The monoisotopic (exact) mass is 406 g/mol. The Labute approximate surface area is 163 Å². The minimum absolute atomic E-state index is 0.0943. The van der Waals surface area contributed by atoms with Gasteiger partial charge in [-0.3, -0.25) is 14.5 Å². The molecule has 8 heteroatoms. The van der Waals surface area contributed by atoms with Gasteiger partial charge in [0, 0.05) is 24.4 Å². The van der Waals surface area contributed by atoms with Crippen molar-refractivity contribution >= 4 is 39.1 Å². The summed E-state index contributed by atoms with van der Waals surface area (Å²) in [4.78, 5) is 24.7. The molecule has 0 aliphatic carbocycles. The molecular formula is C19H19ClN2O4S. The number of imide groups is 1. The zero-order chi connectivity index (χ0) is 19.4. The predicted octanol–water partition coefficient (Wildman–Crippen LogP) is 2.90. The van der Waals surface area contributed by atoms with Gasteiger partial charge in [-0.1, -0.05) is 23.7 Å². The van der Waals surface area contributed by atoms with Crippen LogP contribution in [-0.2, 0) is 26.0 Å². The van der Waals surface area contributed by atoms with E-state index in [9.17, 15) is 18.0 Å². The molecule has 0 radical (unpaired) electrons. The number of carbonyl (C=O) groups excluding carboxylic acids is 2. The van der Waals surface area contributed by atoms with Crippen molar-refractivity contribution in [1.29, 1.82) is 0 Å². The normalized spacial score (nSPS) is 14.8. The van der Waals surface area contributed by atoms with Crippen molar-refractivity contribution in [3.8, 4) is 0 Å². The third kappa shape index (κ3) is 4.74. The lowest BCUT2D eigenvalue weighted by molar-refractivity contribution is -0.121. The first kappa shape index (κ1) is 19.5. The number of hydrogen-bond donors (Lipinski definition) is 1. The van der Waals surface area contributed by atoms with E-state index in [1.807, 2.05) is 12.1 Å². The number of halogens is 1. The first-order valence-corrected chi connectivity index (χ1v) is 10.4. The zero-order valence-corrected chi connectivity index (χ0v) is 16.1. The van der Waals surface area contributed by atoms with Crippen LogP contribution in [0.3, 0.4) is 0 Å². The number of sulfonamides is 1. The summed E-state index contributed by atoms with van der Waals surface area (Å²) in [6, 6.07) is 13.2. The molecule has 6 nitrogen and oxygen atoms in total. The van der Waals surface area contributed by atoms with Gasteiger partial charge in [-0.05, 0) is 54.8 Å². The van der Waals surface area contributed by atoms with Crippen LogP contribution in [0.5, 0.6) is 0 Å². The van der Waals surface area contributed by atoms with Gasteiger partial charge in [0.1, 0.15) is 0 Å². The van der Waals surface area contributed by atoms with Crippen LogP contribution in [0.15, 0.2) is 53.4 Å². The van der Waals surface area contributed by atoms with Crippen LogP contribution >= 0.6 is 11.6 Å². The molecule has 142 valence electrons. The third-order valence-corrected chi connectivity index (χ3v) is 6.03. The Kier molecular flexibility index (Phi) is 5.94. The standard InChI is InChI=1S/C19H19ClN2O4S/c20-15-5-3-14(4-6-15)2-1-13-21-27(25,26)17-9-7-16(8-10-17)22-18(23)11-12-19(22)24/h3-10,21H,1-2,11-13H2. The summed E-state index contributed by atoms with van der Waals surface area (Å²) in [5.41, 5.74) is 1.48. The minimum atomic E-state index is -3.65. The lowest BCUT2D eigenvalue weighted by atomic mass is 10.1. The van der Waals surface area contributed by atoms with Crippen LogP contribution in [0.4, 0.5) is 5.69 Å². The van der Waals surface area contributed by atoms with Crippen LogP contribution in [0.2, 0.25) is 5.02 Å².